The lowest BCUT2D eigenvalue weighted by Crippen LogP contribution is -2.28. The molecule has 28 heavy (non-hydrogen) atoms. The normalized spacial score (nSPS) is 17.8. The predicted octanol–water partition coefficient (Wildman–Crippen LogP) is 3.19. The minimum absolute atomic E-state index is 0.390. The molecule has 1 saturated heterocycles. The molecular weight excluding hydrogens is 352 g/mol. The Morgan fingerprint density at radius 3 is 2.93 bits per heavy atom. The summed E-state index contributed by atoms with van der Waals surface area (Å²) >= 11 is 0. The average Bonchev–Trinajstić information content (AvgIpc) is 2.96. The Kier molecular flexibility index (Phi) is 4.52. The molecule has 3 aromatic rings. The van der Waals surface area contributed by atoms with E-state index >= 15 is 0 Å². The number of nitrogens with one attached hydrogen (secondary N) is 1. The van der Waals surface area contributed by atoms with Gasteiger partial charge in [-0.25, -0.2) is 19.5 Å². The van der Waals surface area contributed by atoms with Crippen LogP contribution in [-0.2, 0) is 11.2 Å². The van der Waals surface area contributed by atoms with Crippen LogP contribution in [0.1, 0.15) is 48.3 Å². The molecule has 0 aromatic carbocycles. The first kappa shape index (κ1) is 17.3. The highest BCUT2D eigenvalue weighted by molar-refractivity contribution is 5.79. The number of imidazole rings is 1. The number of hydrogen-bond donors (Lipinski definition) is 1. The number of rotatable bonds is 3. The molecule has 144 valence electrons. The summed E-state index contributed by atoms with van der Waals surface area (Å²) in [7, 11) is 0. The third-order valence-electron chi connectivity index (χ3n) is 5.49. The zero-order valence-corrected chi connectivity index (χ0v) is 16.1. The molecule has 0 radical (unpaired) electrons. The smallest absolute Gasteiger partial charge is 0.223 e. The average molecular weight is 376 g/mol. The van der Waals surface area contributed by atoms with Gasteiger partial charge in [-0.1, -0.05) is 6.08 Å². The molecule has 7 nitrogen and oxygen atoms in total. The van der Waals surface area contributed by atoms with E-state index in [2.05, 4.69) is 21.4 Å². The Hall–Kier alpha value is -2.80. The molecule has 0 spiro atoms. The molecule has 0 saturated carbocycles. The van der Waals surface area contributed by atoms with Gasteiger partial charge in [-0.05, 0) is 51.2 Å². The summed E-state index contributed by atoms with van der Waals surface area (Å²) in [5.41, 5.74) is 6.12. The van der Waals surface area contributed by atoms with Gasteiger partial charge in [0.25, 0.3) is 0 Å². The second-order valence-electron chi connectivity index (χ2n) is 7.48. The van der Waals surface area contributed by atoms with Gasteiger partial charge in [0.1, 0.15) is 0 Å². The summed E-state index contributed by atoms with van der Waals surface area (Å²) in [6.45, 7) is 3.62. The number of ether oxygens (including phenoxy) is 1. The molecule has 5 rings (SSSR count). The van der Waals surface area contributed by atoms with Crippen molar-refractivity contribution in [2.75, 3.05) is 18.5 Å². The first-order chi connectivity index (χ1) is 13.8. The van der Waals surface area contributed by atoms with Crippen LogP contribution in [0.5, 0.6) is 0 Å². The molecule has 0 unspecified atom stereocenters. The van der Waals surface area contributed by atoms with E-state index in [1.54, 1.807) is 0 Å². The number of allylic oxidation sites excluding steroid dienone is 1. The number of fused-ring (bicyclic) bond motifs is 2. The predicted molar refractivity (Wildman–Crippen MR) is 107 cm³/mol. The van der Waals surface area contributed by atoms with E-state index < -0.39 is 0 Å². The zero-order valence-electron chi connectivity index (χ0n) is 16.1. The molecule has 0 amide bonds. The maximum Gasteiger partial charge on any atom is 0.223 e. The maximum atomic E-state index is 5.44. The third kappa shape index (κ3) is 3.26. The Morgan fingerprint density at radius 2 is 2.04 bits per heavy atom. The van der Waals surface area contributed by atoms with Crippen LogP contribution < -0.4 is 5.32 Å². The van der Waals surface area contributed by atoms with Crippen molar-refractivity contribution in [3.8, 4) is 0 Å². The lowest BCUT2D eigenvalue weighted by molar-refractivity contribution is 0.0903. The molecular formula is C21H24N6O. The van der Waals surface area contributed by atoms with Crippen molar-refractivity contribution >= 4 is 17.2 Å². The molecule has 0 bridgehead atoms. The van der Waals surface area contributed by atoms with E-state index in [1.165, 1.54) is 0 Å². The monoisotopic (exact) mass is 376 g/mol. The Morgan fingerprint density at radius 1 is 1.14 bits per heavy atom. The van der Waals surface area contributed by atoms with Crippen molar-refractivity contribution in [2.45, 2.75) is 45.1 Å². The number of aromatic nitrogens is 5. The number of hydrogen-bond acceptors (Lipinski definition) is 6. The molecule has 4 heterocycles. The fourth-order valence-electron chi connectivity index (χ4n) is 3.93. The molecule has 0 atom stereocenters. The van der Waals surface area contributed by atoms with E-state index in [9.17, 15) is 0 Å². The van der Waals surface area contributed by atoms with Gasteiger partial charge in [0.2, 0.25) is 5.95 Å². The highest BCUT2D eigenvalue weighted by atomic mass is 16.5. The van der Waals surface area contributed by atoms with Crippen LogP contribution in [0, 0.1) is 6.92 Å². The van der Waals surface area contributed by atoms with Crippen molar-refractivity contribution in [2.24, 2.45) is 0 Å². The van der Waals surface area contributed by atoms with E-state index in [0.29, 0.717) is 6.04 Å². The minimum atomic E-state index is 0.390. The molecule has 1 fully saturated rings. The Labute approximate surface area is 163 Å². The lowest BCUT2D eigenvalue weighted by atomic mass is 10.0. The molecule has 2 aliphatic rings. The summed E-state index contributed by atoms with van der Waals surface area (Å²) in [4.78, 5) is 13.9. The van der Waals surface area contributed by atoms with Gasteiger partial charge in [-0.15, -0.1) is 0 Å². The van der Waals surface area contributed by atoms with Crippen LogP contribution in [0.4, 0.5) is 5.95 Å². The summed E-state index contributed by atoms with van der Waals surface area (Å²) in [6, 6.07) is 4.44. The SMILES string of the molecule is Cc1cnc2ccc(C3=CCCCc4nc(NC5CCOCC5)ncc43)nn12. The second-order valence-corrected chi connectivity index (χ2v) is 7.48. The number of anilines is 1. The fraction of sp³-hybridized carbons (Fsp3) is 0.429. The van der Waals surface area contributed by atoms with Gasteiger partial charge in [0, 0.05) is 36.6 Å². The second kappa shape index (κ2) is 7.31. The van der Waals surface area contributed by atoms with Crippen LogP contribution in [0.25, 0.3) is 11.2 Å². The highest BCUT2D eigenvalue weighted by Gasteiger charge is 2.19. The summed E-state index contributed by atoms with van der Waals surface area (Å²) in [6.07, 6.45) is 11.1. The third-order valence-corrected chi connectivity index (χ3v) is 5.49. The number of aryl methyl sites for hydroxylation is 2. The highest BCUT2D eigenvalue weighted by Crippen LogP contribution is 2.29. The van der Waals surface area contributed by atoms with Gasteiger partial charge in [-0.3, -0.25) is 0 Å². The quantitative estimate of drug-likeness (QED) is 0.756. The van der Waals surface area contributed by atoms with Gasteiger partial charge in [-0.2, -0.15) is 5.10 Å². The zero-order chi connectivity index (χ0) is 18.9. The molecule has 1 N–H and O–H groups in total. The van der Waals surface area contributed by atoms with Crippen LogP contribution in [0.15, 0.2) is 30.6 Å². The van der Waals surface area contributed by atoms with Gasteiger partial charge in [0.15, 0.2) is 5.65 Å². The molecule has 3 aromatic heterocycles. The van der Waals surface area contributed by atoms with Gasteiger partial charge < -0.3 is 10.1 Å². The summed E-state index contributed by atoms with van der Waals surface area (Å²) in [5.74, 6) is 0.723. The van der Waals surface area contributed by atoms with Crippen molar-refractivity contribution in [3.63, 3.8) is 0 Å². The van der Waals surface area contributed by atoms with Gasteiger partial charge in [0.05, 0.1) is 23.3 Å². The van der Waals surface area contributed by atoms with Gasteiger partial charge >= 0.3 is 0 Å². The van der Waals surface area contributed by atoms with E-state index in [-0.39, 0.29) is 0 Å². The van der Waals surface area contributed by atoms with Crippen molar-refractivity contribution in [3.05, 3.63) is 53.2 Å². The van der Waals surface area contributed by atoms with Crippen LogP contribution in [0.2, 0.25) is 0 Å². The topological polar surface area (TPSA) is 77.2 Å². The van der Waals surface area contributed by atoms with E-state index in [4.69, 9.17) is 14.8 Å². The fourth-order valence-corrected chi connectivity index (χ4v) is 3.93. The van der Waals surface area contributed by atoms with Crippen molar-refractivity contribution < 1.29 is 4.74 Å². The largest absolute Gasteiger partial charge is 0.381 e. The molecule has 1 aliphatic heterocycles. The summed E-state index contributed by atoms with van der Waals surface area (Å²) in [5, 5.41) is 8.30. The van der Waals surface area contributed by atoms with E-state index in [1.807, 2.05) is 36.0 Å². The Bertz CT molecular complexity index is 1030. The Balaban J connectivity index is 1.48. The first-order valence-corrected chi connectivity index (χ1v) is 10.0. The standard InChI is InChI=1S/C21H24N6O/c1-14-12-22-20-7-6-19(26-27(14)20)16-4-2-3-5-18-17(16)13-23-21(25-18)24-15-8-10-28-11-9-15/h4,6-7,12-13,15H,2-3,5,8-11H2,1H3,(H,23,24,25). The maximum absolute atomic E-state index is 5.44. The van der Waals surface area contributed by atoms with Crippen molar-refractivity contribution in [1.82, 2.24) is 24.6 Å². The minimum Gasteiger partial charge on any atom is -0.381 e. The summed E-state index contributed by atoms with van der Waals surface area (Å²) < 4.78 is 7.33. The first-order valence-electron chi connectivity index (χ1n) is 10.0. The van der Waals surface area contributed by atoms with Crippen LogP contribution >= 0.6 is 0 Å². The van der Waals surface area contributed by atoms with Crippen LogP contribution in [0.3, 0.4) is 0 Å². The van der Waals surface area contributed by atoms with Crippen molar-refractivity contribution in [1.29, 1.82) is 0 Å². The lowest BCUT2D eigenvalue weighted by Gasteiger charge is -2.23. The van der Waals surface area contributed by atoms with Crippen LogP contribution in [-0.4, -0.2) is 43.8 Å². The number of nitrogens with zero attached hydrogens (tertiary/aromatic N) is 5. The van der Waals surface area contributed by atoms with E-state index in [0.717, 1.165) is 85.1 Å². The molecule has 1 aliphatic carbocycles. The molecule has 7 heteroatoms.